The van der Waals surface area contributed by atoms with Crippen molar-refractivity contribution >= 4 is 11.9 Å². The van der Waals surface area contributed by atoms with Gasteiger partial charge in [0, 0.05) is 37.2 Å². The van der Waals surface area contributed by atoms with Crippen molar-refractivity contribution in [3.63, 3.8) is 0 Å². The number of carboxylic acid groups (broad SMARTS) is 1. The standard InChI is InChI=1S/C15H16N4O3/c20-14(18-6-1-2-12(9-18)15(21)22)11-3-4-17-13(8-11)19-7-5-16-10-19/h3-5,7-8,10,12H,1-2,6,9H2,(H,21,22). The van der Waals surface area contributed by atoms with Crippen molar-refractivity contribution in [2.75, 3.05) is 13.1 Å². The van der Waals surface area contributed by atoms with Gasteiger partial charge in [0.2, 0.25) is 0 Å². The summed E-state index contributed by atoms with van der Waals surface area (Å²) in [6.45, 7) is 0.849. The van der Waals surface area contributed by atoms with Gasteiger partial charge in [0.15, 0.2) is 0 Å². The number of aliphatic carboxylic acids is 1. The predicted octanol–water partition coefficient (Wildman–Crippen LogP) is 1.20. The minimum atomic E-state index is -0.841. The molecule has 7 nitrogen and oxygen atoms in total. The Kier molecular flexibility index (Phi) is 3.86. The molecule has 1 aliphatic rings. The van der Waals surface area contributed by atoms with E-state index in [0.717, 1.165) is 0 Å². The molecule has 22 heavy (non-hydrogen) atoms. The number of imidazole rings is 1. The third kappa shape index (κ3) is 2.83. The summed E-state index contributed by atoms with van der Waals surface area (Å²) in [5, 5.41) is 9.12. The van der Waals surface area contributed by atoms with Gasteiger partial charge in [0.05, 0.1) is 5.92 Å². The first-order valence-electron chi connectivity index (χ1n) is 7.11. The van der Waals surface area contributed by atoms with Gasteiger partial charge in [0.25, 0.3) is 5.91 Å². The van der Waals surface area contributed by atoms with Crippen LogP contribution in [0, 0.1) is 5.92 Å². The van der Waals surface area contributed by atoms with Gasteiger partial charge in [-0.15, -0.1) is 0 Å². The molecule has 2 aromatic rings. The number of rotatable bonds is 3. The van der Waals surface area contributed by atoms with E-state index in [0.29, 0.717) is 30.8 Å². The average molecular weight is 300 g/mol. The van der Waals surface area contributed by atoms with Gasteiger partial charge in [-0.2, -0.15) is 0 Å². The van der Waals surface area contributed by atoms with Crippen LogP contribution in [0.2, 0.25) is 0 Å². The van der Waals surface area contributed by atoms with Crippen LogP contribution in [0.3, 0.4) is 0 Å². The minimum absolute atomic E-state index is 0.158. The number of piperidine rings is 1. The molecule has 1 saturated heterocycles. The number of carbonyl (C=O) groups is 2. The molecule has 1 unspecified atom stereocenters. The van der Waals surface area contributed by atoms with Crippen LogP contribution in [0.1, 0.15) is 23.2 Å². The lowest BCUT2D eigenvalue weighted by Crippen LogP contribution is -2.42. The molecule has 1 N–H and O–H groups in total. The first kappa shape index (κ1) is 14.2. The van der Waals surface area contributed by atoms with Gasteiger partial charge >= 0.3 is 5.97 Å². The topological polar surface area (TPSA) is 88.3 Å². The van der Waals surface area contributed by atoms with Crippen LogP contribution in [-0.2, 0) is 4.79 Å². The lowest BCUT2D eigenvalue weighted by molar-refractivity contribution is -0.143. The highest BCUT2D eigenvalue weighted by Gasteiger charge is 2.28. The molecule has 0 bridgehead atoms. The molecular weight excluding hydrogens is 284 g/mol. The first-order chi connectivity index (χ1) is 10.6. The molecule has 2 aromatic heterocycles. The molecule has 1 amide bonds. The average Bonchev–Trinajstić information content (AvgIpc) is 3.09. The van der Waals surface area contributed by atoms with Gasteiger partial charge in [-0.1, -0.05) is 0 Å². The van der Waals surface area contributed by atoms with Crippen molar-refractivity contribution in [1.29, 1.82) is 0 Å². The molecule has 114 valence electrons. The Morgan fingerprint density at radius 3 is 2.91 bits per heavy atom. The van der Waals surface area contributed by atoms with Crippen LogP contribution in [0.4, 0.5) is 0 Å². The molecule has 3 heterocycles. The summed E-state index contributed by atoms with van der Waals surface area (Å²) in [4.78, 5) is 33.5. The van der Waals surface area contributed by atoms with E-state index in [1.165, 1.54) is 0 Å². The van der Waals surface area contributed by atoms with Crippen molar-refractivity contribution in [2.24, 2.45) is 5.92 Å². The molecule has 1 aliphatic heterocycles. The monoisotopic (exact) mass is 300 g/mol. The quantitative estimate of drug-likeness (QED) is 0.920. The van der Waals surface area contributed by atoms with E-state index in [2.05, 4.69) is 9.97 Å². The molecule has 1 atom stereocenters. The van der Waals surface area contributed by atoms with Crippen LogP contribution in [0.15, 0.2) is 37.1 Å². The van der Waals surface area contributed by atoms with E-state index in [1.807, 2.05) is 0 Å². The molecular formula is C15H16N4O3. The second-order valence-electron chi connectivity index (χ2n) is 5.30. The summed E-state index contributed by atoms with van der Waals surface area (Å²) < 4.78 is 1.72. The Hall–Kier alpha value is -2.70. The molecule has 0 radical (unpaired) electrons. The Morgan fingerprint density at radius 2 is 2.18 bits per heavy atom. The highest BCUT2D eigenvalue weighted by molar-refractivity contribution is 5.94. The maximum Gasteiger partial charge on any atom is 0.308 e. The zero-order valence-corrected chi connectivity index (χ0v) is 11.9. The predicted molar refractivity (Wildman–Crippen MR) is 77.6 cm³/mol. The molecule has 0 saturated carbocycles. The van der Waals surface area contributed by atoms with Crippen LogP contribution >= 0.6 is 0 Å². The molecule has 7 heteroatoms. The first-order valence-corrected chi connectivity index (χ1v) is 7.11. The Morgan fingerprint density at radius 1 is 1.32 bits per heavy atom. The third-order valence-electron chi connectivity index (χ3n) is 3.82. The van der Waals surface area contributed by atoms with Gasteiger partial charge in [-0.3, -0.25) is 14.2 Å². The summed E-state index contributed by atoms with van der Waals surface area (Å²) in [5.41, 5.74) is 0.504. The second-order valence-corrected chi connectivity index (χ2v) is 5.30. The largest absolute Gasteiger partial charge is 0.481 e. The molecule has 3 rings (SSSR count). The Labute approximate surface area is 127 Å². The van der Waals surface area contributed by atoms with Gasteiger partial charge < -0.3 is 10.0 Å². The van der Waals surface area contributed by atoms with E-state index in [9.17, 15) is 9.59 Å². The molecule has 0 spiro atoms. The smallest absolute Gasteiger partial charge is 0.308 e. The Balaban J connectivity index is 1.80. The van der Waals surface area contributed by atoms with Gasteiger partial charge in [-0.05, 0) is 25.0 Å². The highest BCUT2D eigenvalue weighted by atomic mass is 16.4. The number of hydrogen-bond donors (Lipinski definition) is 1. The van der Waals surface area contributed by atoms with Crippen LogP contribution in [-0.4, -0.2) is 49.5 Å². The van der Waals surface area contributed by atoms with E-state index >= 15 is 0 Å². The fraction of sp³-hybridized carbons (Fsp3) is 0.333. The molecule has 1 fully saturated rings. The fourth-order valence-electron chi connectivity index (χ4n) is 2.63. The zero-order chi connectivity index (χ0) is 15.5. The molecule has 0 aliphatic carbocycles. The number of nitrogens with zero attached hydrogens (tertiary/aromatic N) is 4. The minimum Gasteiger partial charge on any atom is -0.481 e. The van der Waals surface area contributed by atoms with Crippen molar-refractivity contribution in [3.05, 3.63) is 42.6 Å². The van der Waals surface area contributed by atoms with Crippen molar-refractivity contribution in [2.45, 2.75) is 12.8 Å². The third-order valence-corrected chi connectivity index (χ3v) is 3.82. The molecule has 0 aromatic carbocycles. The van der Waals surface area contributed by atoms with E-state index in [4.69, 9.17) is 5.11 Å². The normalized spacial score (nSPS) is 18.2. The maximum absolute atomic E-state index is 12.6. The van der Waals surface area contributed by atoms with E-state index in [1.54, 1.807) is 46.5 Å². The zero-order valence-electron chi connectivity index (χ0n) is 11.9. The lowest BCUT2D eigenvalue weighted by Gasteiger charge is -2.30. The summed E-state index contributed by atoms with van der Waals surface area (Å²) in [7, 11) is 0. The number of amides is 1. The lowest BCUT2D eigenvalue weighted by atomic mass is 9.98. The fourth-order valence-corrected chi connectivity index (χ4v) is 2.63. The number of likely N-dealkylation sites (tertiary alicyclic amines) is 1. The van der Waals surface area contributed by atoms with Crippen molar-refractivity contribution in [3.8, 4) is 5.82 Å². The summed E-state index contributed by atoms with van der Waals surface area (Å²) >= 11 is 0. The van der Waals surface area contributed by atoms with Gasteiger partial charge in [0.1, 0.15) is 12.1 Å². The SMILES string of the molecule is O=C(O)C1CCCN(C(=O)c2ccnc(-n3ccnc3)c2)C1. The van der Waals surface area contributed by atoms with Crippen LogP contribution in [0.25, 0.3) is 5.82 Å². The number of hydrogen-bond acceptors (Lipinski definition) is 4. The highest BCUT2D eigenvalue weighted by Crippen LogP contribution is 2.19. The summed E-state index contributed by atoms with van der Waals surface area (Å²) in [6, 6.07) is 3.33. The van der Waals surface area contributed by atoms with Crippen LogP contribution in [0.5, 0.6) is 0 Å². The van der Waals surface area contributed by atoms with Gasteiger partial charge in [-0.25, -0.2) is 9.97 Å². The number of pyridine rings is 1. The second kappa shape index (κ2) is 5.97. The van der Waals surface area contributed by atoms with Crippen LogP contribution < -0.4 is 0 Å². The summed E-state index contributed by atoms with van der Waals surface area (Å²) in [6.07, 6.45) is 7.90. The summed E-state index contributed by atoms with van der Waals surface area (Å²) in [5.74, 6) is -0.871. The van der Waals surface area contributed by atoms with E-state index in [-0.39, 0.29) is 12.5 Å². The number of carboxylic acids is 1. The maximum atomic E-state index is 12.6. The van der Waals surface area contributed by atoms with E-state index < -0.39 is 11.9 Å². The number of carbonyl (C=O) groups excluding carboxylic acids is 1. The van der Waals surface area contributed by atoms with Crippen molar-refractivity contribution in [1.82, 2.24) is 19.4 Å². The number of aromatic nitrogens is 3. The van der Waals surface area contributed by atoms with Crippen molar-refractivity contribution < 1.29 is 14.7 Å². The Bertz CT molecular complexity index is 684.